The summed E-state index contributed by atoms with van der Waals surface area (Å²) in [7, 11) is 0. The second kappa shape index (κ2) is 6.08. The molecule has 0 bridgehead atoms. The van der Waals surface area contributed by atoms with E-state index in [9.17, 15) is 0 Å². The highest BCUT2D eigenvalue weighted by Crippen LogP contribution is 2.40. The maximum Gasteiger partial charge on any atom is 0.0486 e. The first-order chi connectivity index (χ1) is 12.1. The number of hydrogen-bond acceptors (Lipinski definition) is 2. The molecule has 0 heterocycles. The molecule has 0 amide bonds. The van der Waals surface area contributed by atoms with Gasteiger partial charge < -0.3 is 11.5 Å². The van der Waals surface area contributed by atoms with Crippen molar-refractivity contribution >= 4 is 48.8 Å². The molecule has 0 radical (unpaired) electrons. The third-order valence-electron chi connectivity index (χ3n) is 4.80. The number of halogens is 1. The summed E-state index contributed by atoms with van der Waals surface area (Å²) in [5, 5.41) is 4.76. The van der Waals surface area contributed by atoms with Crippen LogP contribution in [0, 0.1) is 0 Å². The highest BCUT2D eigenvalue weighted by molar-refractivity contribution is 9.10. The molecule has 0 saturated heterocycles. The Kier molecular flexibility index (Phi) is 3.89. The Morgan fingerprint density at radius 2 is 1.60 bits per heavy atom. The summed E-state index contributed by atoms with van der Waals surface area (Å²) in [5.41, 5.74) is 17.5. The van der Waals surface area contributed by atoms with E-state index in [4.69, 9.17) is 11.5 Å². The lowest BCUT2D eigenvalue weighted by atomic mass is 9.92. The first kappa shape index (κ1) is 16.0. The van der Waals surface area contributed by atoms with Gasteiger partial charge in [-0.25, -0.2) is 0 Å². The molecule has 0 spiro atoms. The van der Waals surface area contributed by atoms with Crippen LogP contribution in [-0.2, 0) is 6.42 Å². The smallest absolute Gasteiger partial charge is 0.0486 e. The van der Waals surface area contributed by atoms with E-state index in [1.54, 1.807) is 0 Å². The molecule has 4 aromatic carbocycles. The van der Waals surface area contributed by atoms with E-state index < -0.39 is 0 Å². The lowest BCUT2D eigenvalue weighted by molar-refractivity contribution is 1.16. The van der Waals surface area contributed by atoms with Crippen LogP contribution >= 0.6 is 15.9 Å². The summed E-state index contributed by atoms with van der Waals surface area (Å²) < 4.78 is 0.974. The highest BCUT2D eigenvalue weighted by Gasteiger charge is 2.13. The van der Waals surface area contributed by atoms with Crippen molar-refractivity contribution in [1.29, 1.82) is 0 Å². The standard InChI is InChI=1S/C22H19BrN2/c1-2-13-10-15-11-20(25)18(14-6-4-3-5-7-14)12-17(15)16-8-9-19(24)22(23)21(13)16/h3-12H,2,24-25H2,1H3. The van der Waals surface area contributed by atoms with Crippen LogP contribution in [0.1, 0.15) is 12.5 Å². The first-order valence-corrected chi connectivity index (χ1v) is 9.17. The van der Waals surface area contributed by atoms with E-state index in [2.05, 4.69) is 59.3 Å². The van der Waals surface area contributed by atoms with Crippen molar-refractivity contribution in [2.24, 2.45) is 0 Å². The minimum atomic E-state index is 0.764. The molecular weight excluding hydrogens is 372 g/mol. The van der Waals surface area contributed by atoms with Crippen LogP contribution in [0.2, 0.25) is 0 Å². The molecule has 4 N–H and O–H groups in total. The van der Waals surface area contributed by atoms with E-state index in [1.165, 1.54) is 27.1 Å². The average molecular weight is 391 g/mol. The summed E-state index contributed by atoms with van der Waals surface area (Å²) in [6.45, 7) is 2.16. The van der Waals surface area contributed by atoms with Gasteiger partial charge in [0.2, 0.25) is 0 Å². The van der Waals surface area contributed by atoms with Gasteiger partial charge in [0, 0.05) is 26.8 Å². The molecule has 25 heavy (non-hydrogen) atoms. The lowest BCUT2D eigenvalue weighted by Gasteiger charge is -2.15. The van der Waals surface area contributed by atoms with Crippen molar-refractivity contribution in [3.8, 4) is 11.1 Å². The topological polar surface area (TPSA) is 52.0 Å². The number of benzene rings is 4. The fraction of sp³-hybridized carbons (Fsp3) is 0.0909. The monoisotopic (exact) mass is 390 g/mol. The zero-order valence-corrected chi connectivity index (χ0v) is 15.6. The molecule has 4 rings (SSSR count). The van der Waals surface area contributed by atoms with Crippen LogP contribution in [0.25, 0.3) is 32.7 Å². The van der Waals surface area contributed by atoms with Crippen molar-refractivity contribution in [2.75, 3.05) is 11.5 Å². The Bertz CT molecular complexity index is 1100. The highest BCUT2D eigenvalue weighted by atomic mass is 79.9. The Morgan fingerprint density at radius 3 is 2.32 bits per heavy atom. The maximum absolute atomic E-state index is 6.38. The fourth-order valence-corrected chi connectivity index (χ4v) is 4.12. The SMILES string of the molecule is CCc1cc2cc(N)c(-c3ccccc3)cc2c2ccc(N)c(Br)c12. The molecule has 0 aliphatic heterocycles. The van der Waals surface area contributed by atoms with Gasteiger partial charge in [0.25, 0.3) is 0 Å². The van der Waals surface area contributed by atoms with Crippen molar-refractivity contribution in [3.63, 3.8) is 0 Å². The van der Waals surface area contributed by atoms with Gasteiger partial charge in [-0.2, -0.15) is 0 Å². The fourth-order valence-electron chi connectivity index (χ4n) is 3.52. The van der Waals surface area contributed by atoms with Crippen LogP contribution < -0.4 is 11.5 Å². The van der Waals surface area contributed by atoms with Gasteiger partial charge in [0.05, 0.1) is 0 Å². The zero-order chi connectivity index (χ0) is 17.6. The molecule has 0 unspecified atom stereocenters. The minimum Gasteiger partial charge on any atom is -0.398 e. The summed E-state index contributed by atoms with van der Waals surface area (Å²) in [6, 6.07) is 20.9. The Labute approximate surface area is 155 Å². The molecule has 3 heteroatoms. The van der Waals surface area contributed by atoms with Crippen LogP contribution in [0.3, 0.4) is 0 Å². The van der Waals surface area contributed by atoms with E-state index in [1.807, 2.05) is 24.3 Å². The lowest BCUT2D eigenvalue weighted by Crippen LogP contribution is -1.95. The van der Waals surface area contributed by atoms with Crippen molar-refractivity contribution in [2.45, 2.75) is 13.3 Å². The van der Waals surface area contributed by atoms with Crippen LogP contribution in [0.15, 0.2) is 65.1 Å². The molecular formula is C22H19BrN2. The van der Waals surface area contributed by atoms with Gasteiger partial charge in [-0.1, -0.05) is 49.4 Å². The van der Waals surface area contributed by atoms with Crippen molar-refractivity contribution in [3.05, 3.63) is 70.7 Å². The first-order valence-electron chi connectivity index (χ1n) is 8.38. The van der Waals surface area contributed by atoms with Crippen molar-refractivity contribution < 1.29 is 0 Å². The summed E-state index contributed by atoms with van der Waals surface area (Å²) in [6.07, 6.45) is 0.939. The predicted molar refractivity (Wildman–Crippen MR) is 113 cm³/mol. The molecule has 0 atom stereocenters. The second-order valence-corrected chi connectivity index (χ2v) is 7.10. The molecule has 4 aromatic rings. The predicted octanol–water partition coefficient (Wildman–Crippen LogP) is 6.15. The maximum atomic E-state index is 6.38. The average Bonchev–Trinajstić information content (AvgIpc) is 2.64. The number of aryl methyl sites for hydroxylation is 1. The zero-order valence-electron chi connectivity index (χ0n) is 14.0. The van der Waals surface area contributed by atoms with Gasteiger partial charge in [0.1, 0.15) is 0 Å². The molecule has 0 aromatic heterocycles. The minimum absolute atomic E-state index is 0.764. The van der Waals surface area contributed by atoms with Gasteiger partial charge in [-0.3, -0.25) is 0 Å². The largest absolute Gasteiger partial charge is 0.398 e. The third kappa shape index (κ3) is 2.56. The summed E-state index contributed by atoms with van der Waals surface area (Å²) >= 11 is 3.69. The molecule has 0 saturated carbocycles. The molecule has 0 fully saturated rings. The number of fused-ring (bicyclic) bond motifs is 3. The van der Waals surface area contributed by atoms with E-state index >= 15 is 0 Å². The summed E-state index contributed by atoms with van der Waals surface area (Å²) in [4.78, 5) is 0. The van der Waals surface area contributed by atoms with Gasteiger partial charge >= 0.3 is 0 Å². The van der Waals surface area contributed by atoms with Crippen LogP contribution in [-0.4, -0.2) is 0 Å². The molecule has 2 nitrogen and oxygen atoms in total. The Balaban J connectivity index is 2.14. The quantitative estimate of drug-likeness (QED) is 0.318. The van der Waals surface area contributed by atoms with Gasteiger partial charge in [-0.05, 0) is 67.8 Å². The summed E-state index contributed by atoms with van der Waals surface area (Å²) in [5.74, 6) is 0. The van der Waals surface area contributed by atoms with Gasteiger partial charge in [-0.15, -0.1) is 0 Å². The number of rotatable bonds is 2. The number of nitrogen functional groups attached to an aromatic ring is 2. The van der Waals surface area contributed by atoms with Crippen LogP contribution in [0.5, 0.6) is 0 Å². The normalized spacial score (nSPS) is 11.3. The van der Waals surface area contributed by atoms with E-state index in [-0.39, 0.29) is 0 Å². The number of anilines is 2. The van der Waals surface area contributed by atoms with Gasteiger partial charge in [0.15, 0.2) is 0 Å². The Morgan fingerprint density at radius 1 is 0.840 bits per heavy atom. The molecule has 0 aliphatic rings. The van der Waals surface area contributed by atoms with E-state index in [0.29, 0.717) is 0 Å². The third-order valence-corrected chi connectivity index (χ3v) is 5.65. The van der Waals surface area contributed by atoms with Crippen LogP contribution in [0.4, 0.5) is 11.4 Å². The number of hydrogen-bond donors (Lipinski definition) is 2. The second-order valence-electron chi connectivity index (χ2n) is 6.31. The van der Waals surface area contributed by atoms with Crippen molar-refractivity contribution in [1.82, 2.24) is 0 Å². The molecule has 0 aliphatic carbocycles. The Hall–Kier alpha value is -2.52. The van der Waals surface area contributed by atoms with E-state index in [0.717, 1.165) is 33.4 Å². The number of nitrogens with two attached hydrogens (primary N) is 2. The molecule has 124 valence electrons.